The molecule has 0 bridgehead atoms. The van der Waals surface area contributed by atoms with E-state index in [2.05, 4.69) is 27.2 Å². The summed E-state index contributed by atoms with van der Waals surface area (Å²) >= 11 is 3.41. The quantitative estimate of drug-likeness (QED) is 0.587. The molecule has 3 heteroatoms. The molecule has 0 fully saturated rings. The molecule has 1 N–H and O–H groups in total. The summed E-state index contributed by atoms with van der Waals surface area (Å²) in [6.07, 6.45) is 8.26. The number of terminal acetylenes is 1. The SMILES string of the molecule is C#CCCCCNCCOc1cccc(Br)c1. The van der Waals surface area contributed by atoms with Crippen LogP contribution >= 0.6 is 15.9 Å². The minimum atomic E-state index is 0.686. The molecule has 0 aliphatic rings. The second-order valence-electron chi connectivity index (χ2n) is 3.72. The maximum absolute atomic E-state index is 5.59. The summed E-state index contributed by atoms with van der Waals surface area (Å²) in [4.78, 5) is 0. The van der Waals surface area contributed by atoms with Crippen LogP contribution in [0.5, 0.6) is 5.75 Å². The fourth-order valence-corrected chi connectivity index (χ4v) is 1.78. The van der Waals surface area contributed by atoms with E-state index < -0.39 is 0 Å². The maximum atomic E-state index is 5.59. The third-order valence-corrected chi connectivity index (χ3v) is 2.76. The Balaban J connectivity index is 1.99. The van der Waals surface area contributed by atoms with Gasteiger partial charge in [0, 0.05) is 17.4 Å². The number of nitrogens with one attached hydrogen (secondary N) is 1. The molecule has 2 nitrogen and oxygen atoms in total. The molecule has 0 aliphatic heterocycles. The lowest BCUT2D eigenvalue weighted by atomic mass is 10.2. The molecule has 1 aromatic carbocycles. The Labute approximate surface area is 112 Å². The van der Waals surface area contributed by atoms with E-state index in [9.17, 15) is 0 Å². The average molecular weight is 296 g/mol. The number of halogens is 1. The maximum Gasteiger partial charge on any atom is 0.120 e. The van der Waals surface area contributed by atoms with E-state index >= 15 is 0 Å². The Kier molecular flexibility index (Phi) is 7.53. The normalized spacial score (nSPS) is 9.88. The third kappa shape index (κ3) is 7.04. The minimum Gasteiger partial charge on any atom is -0.492 e. The van der Waals surface area contributed by atoms with Crippen molar-refractivity contribution in [3.05, 3.63) is 28.7 Å². The van der Waals surface area contributed by atoms with Crippen LogP contribution in [0.15, 0.2) is 28.7 Å². The van der Waals surface area contributed by atoms with Gasteiger partial charge in [-0.3, -0.25) is 0 Å². The van der Waals surface area contributed by atoms with Gasteiger partial charge >= 0.3 is 0 Å². The second-order valence-corrected chi connectivity index (χ2v) is 4.63. The summed E-state index contributed by atoms with van der Waals surface area (Å²) in [7, 11) is 0. The summed E-state index contributed by atoms with van der Waals surface area (Å²) in [5.41, 5.74) is 0. The first-order valence-corrected chi connectivity index (χ1v) is 6.65. The lowest BCUT2D eigenvalue weighted by Crippen LogP contribution is -2.22. The van der Waals surface area contributed by atoms with Crippen molar-refractivity contribution in [2.24, 2.45) is 0 Å². The molecular weight excluding hydrogens is 278 g/mol. The number of benzene rings is 1. The summed E-state index contributed by atoms with van der Waals surface area (Å²) in [5.74, 6) is 3.54. The van der Waals surface area contributed by atoms with Crippen molar-refractivity contribution < 1.29 is 4.74 Å². The van der Waals surface area contributed by atoms with Gasteiger partial charge in [0.25, 0.3) is 0 Å². The smallest absolute Gasteiger partial charge is 0.120 e. The molecule has 0 amide bonds. The van der Waals surface area contributed by atoms with E-state index in [-0.39, 0.29) is 0 Å². The molecule has 0 aromatic heterocycles. The van der Waals surface area contributed by atoms with Gasteiger partial charge in [-0.15, -0.1) is 12.3 Å². The zero-order valence-corrected chi connectivity index (χ0v) is 11.5. The summed E-state index contributed by atoms with van der Waals surface area (Å²) in [6, 6.07) is 7.87. The minimum absolute atomic E-state index is 0.686. The third-order valence-electron chi connectivity index (χ3n) is 2.27. The Morgan fingerprint density at radius 1 is 1.29 bits per heavy atom. The Hall–Kier alpha value is -0.980. The molecule has 0 heterocycles. The molecule has 1 rings (SSSR count). The van der Waals surface area contributed by atoms with Crippen molar-refractivity contribution in [2.45, 2.75) is 19.3 Å². The monoisotopic (exact) mass is 295 g/mol. The van der Waals surface area contributed by atoms with Crippen LogP contribution in [-0.2, 0) is 0 Å². The van der Waals surface area contributed by atoms with Gasteiger partial charge in [-0.05, 0) is 37.6 Å². The zero-order chi connectivity index (χ0) is 12.3. The van der Waals surface area contributed by atoms with Gasteiger partial charge in [-0.2, -0.15) is 0 Å². The van der Waals surface area contributed by atoms with E-state index in [1.807, 2.05) is 24.3 Å². The van der Waals surface area contributed by atoms with Gasteiger partial charge in [0.15, 0.2) is 0 Å². The number of unbranched alkanes of at least 4 members (excludes halogenated alkanes) is 2. The predicted molar refractivity (Wildman–Crippen MR) is 75.2 cm³/mol. The second kappa shape index (κ2) is 9.09. The molecule has 0 atom stereocenters. The van der Waals surface area contributed by atoms with Crippen molar-refractivity contribution in [2.75, 3.05) is 19.7 Å². The largest absolute Gasteiger partial charge is 0.492 e. The first-order chi connectivity index (χ1) is 8.33. The van der Waals surface area contributed by atoms with E-state index in [1.54, 1.807) is 0 Å². The summed E-state index contributed by atoms with van der Waals surface area (Å²) in [6.45, 7) is 2.55. The van der Waals surface area contributed by atoms with Crippen molar-refractivity contribution in [3.8, 4) is 18.1 Å². The molecular formula is C14H18BrNO. The fraction of sp³-hybridized carbons (Fsp3) is 0.429. The van der Waals surface area contributed by atoms with E-state index in [0.717, 1.165) is 42.6 Å². The van der Waals surface area contributed by atoms with E-state index in [4.69, 9.17) is 11.2 Å². The fourth-order valence-electron chi connectivity index (χ4n) is 1.40. The molecule has 1 aromatic rings. The van der Waals surface area contributed by atoms with Crippen LogP contribution in [-0.4, -0.2) is 19.7 Å². The number of hydrogen-bond donors (Lipinski definition) is 1. The van der Waals surface area contributed by atoms with Crippen LogP contribution in [0.3, 0.4) is 0 Å². The van der Waals surface area contributed by atoms with Gasteiger partial charge in [-0.25, -0.2) is 0 Å². The van der Waals surface area contributed by atoms with Crippen molar-refractivity contribution >= 4 is 15.9 Å². The predicted octanol–water partition coefficient (Wildman–Crippen LogP) is 3.22. The van der Waals surface area contributed by atoms with Gasteiger partial charge in [0.2, 0.25) is 0 Å². The van der Waals surface area contributed by atoms with Crippen LogP contribution in [0, 0.1) is 12.3 Å². The highest BCUT2D eigenvalue weighted by Gasteiger charge is 1.94. The van der Waals surface area contributed by atoms with Crippen LogP contribution in [0.1, 0.15) is 19.3 Å². The molecule has 0 aliphatic carbocycles. The van der Waals surface area contributed by atoms with Gasteiger partial charge in [-0.1, -0.05) is 22.0 Å². The standard InChI is InChI=1S/C14H18BrNO/c1-2-3-4-5-9-16-10-11-17-14-8-6-7-13(15)12-14/h1,6-8,12,16H,3-5,9-11H2. The molecule has 17 heavy (non-hydrogen) atoms. The lowest BCUT2D eigenvalue weighted by Gasteiger charge is -2.07. The Morgan fingerprint density at radius 3 is 2.94 bits per heavy atom. The summed E-state index contributed by atoms with van der Waals surface area (Å²) < 4.78 is 6.63. The van der Waals surface area contributed by atoms with Crippen LogP contribution in [0.25, 0.3) is 0 Å². The van der Waals surface area contributed by atoms with E-state index in [1.165, 1.54) is 0 Å². The number of ether oxygens (including phenoxy) is 1. The van der Waals surface area contributed by atoms with Gasteiger partial charge in [0.1, 0.15) is 12.4 Å². The zero-order valence-electron chi connectivity index (χ0n) is 9.92. The first-order valence-electron chi connectivity index (χ1n) is 5.85. The molecule has 0 unspecified atom stereocenters. The average Bonchev–Trinajstić information content (AvgIpc) is 2.33. The molecule has 0 saturated carbocycles. The van der Waals surface area contributed by atoms with Crippen molar-refractivity contribution in [3.63, 3.8) is 0 Å². The highest BCUT2D eigenvalue weighted by Crippen LogP contribution is 2.17. The topological polar surface area (TPSA) is 21.3 Å². The van der Waals surface area contributed by atoms with Gasteiger partial charge in [0.05, 0.1) is 0 Å². The summed E-state index contributed by atoms with van der Waals surface area (Å²) in [5, 5.41) is 3.32. The van der Waals surface area contributed by atoms with Crippen molar-refractivity contribution in [1.82, 2.24) is 5.32 Å². The van der Waals surface area contributed by atoms with E-state index in [0.29, 0.717) is 6.61 Å². The highest BCUT2D eigenvalue weighted by molar-refractivity contribution is 9.10. The van der Waals surface area contributed by atoms with Crippen molar-refractivity contribution in [1.29, 1.82) is 0 Å². The van der Waals surface area contributed by atoms with Crippen LogP contribution < -0.4 is 10.1 Å². The highest BCUT2D eigenvalue weighted by atomic mass is 79.9. The Morgan fingerprint density at radius 2 is 2.18 bits per heavy atom. The Bertz CT molecular complexity index is 359. The number of hydrogen-bond acceptors (Lipinski definition) is 2. The molecule has 0 saturated heterocycles. The lowest BCUT2D eigenvalue weighted by molar-refractivity contribution is 0.313. The van der Waals surface area contributed by atoms with Crippen LogP contribution in [0.2, 0.25) is 0 Å². The molecule has 0 spiro atoms. The first kappa shape index (κ1) is 14.1. The molecule has 92 valence electrons. The number of rotatable bonds is 8. The van der Waals surface area contributed by atoms with Crippen LogP contribution in [0.4, 0.5) is 0 Å². The van der Waals surface area contributed by atoms with Gasteiger partial charge < -0.3 is 10.1 Å². The molecule has 0 radical (unpaired) electrons.